The first-order valence-electron chi connectivity index (χ1n) is 7.38. The van der Waals surface area contributed by atoms with Crippen molar-refractivity contribution >= 4 is 40.1 Å². The summed E-state index contributed by atoms with van der Waals surface area (Å²) in [6.07, 6.45) is 2.51. The van der Waals surface area contributed by atoms with Crippen molar-refractivity contribution in [2.75, 3.05) is 5.32 Å². The summed E-state index contributed by atoms with van der Waals surface area (Å²) in [5, 5.41) is 8.62. The van der Waals surface area contributed by atoms with Crippen molar-refractivity contribution in [2.24, 2.45) is 0 Å². The molecule has 116 valence electrons. The van der Waals surface area contributed by atoms with Crippen LogP contribution in [0.25, 0.3) is 0 Å². The van der Waals surface area contributed by atoms with Crippen LogP contribution in [0.2, 0.25) is 5.02 Å². The van der Waals surface area contributed by atoms with Gasteiger partial charge in [0.25, 0.3) is 0 Å². The van der Waals surface area contributed by atoms with E-state index in [1.807, 2.05) is 16.8 Å². The van der Waals surface area contributed by atoms with E-state index in [1.54, 1.807) is 6.33 Å². The summed E-state index contributed by atoms with van der Waals surface area (Å²) >= 11 is 8.34. The van der Waals surface area contributed by atoms with Gasteiger partial charge in [0.2, 0.25) is 5.95 Å². The predicted molar refractivity (Wildman–Crippen MR) is 99.8 cm³/mol. The molecule has 0 aliphatic carbocycles. The summed E-state index contributed by atoms with van der Waals surface area (Å²) in [4.78, 5) is 4.36. The molecule has 2 atom stereocenters. The van der Waals surface area contributed by atoms with E-state index in [0.29, 0.717) is 0 Å². The number of nitrogens with zero attached hydrogens (tertiary/aromatic N) is 3. The van der Waals surface area contributed by atoms with E-state index in [2.05, 4.69) is 74.4 Å². The van der Waals surface area contributed by atoms with Gasteiger partial charge in [-0.15, -0.1) is 0 Å². The van der Waals surface area contributed by atoms with Crippen LogP contribution in [-0.4, -0.2) is 14.8 Å². The van der Waals surface area contributed by atoms with Gasteiger partial charge in [-0.2, -0.15) is 10.1 Å². The number of fused-ring (bicyclic) bond motifs is 1. The van der Waals surface area contributed by atoms with Crippen LogP contribution in [0, 0.1) is 3.57 Å². The maximum absolute atomic E-state index is 6.02. The summed E-state index contributed by atoms with van der Waals surface area (Å²) in [5.74, 6) is 0.805. The molecular formula is C17H14ClIN4. The highest BCUT2D eigenvalue weighted by Gasteiger charge is 2.29. The van der Waals surface area contributed by atoms with Crippen LogP contribution in [0.4, 0.5) is 5.95 Å². The average molecular weight is 437 g/mol. The fraction of sp³-hybridized carbons (Fsp3) is 0.176. The Hall–Kier alpha value is -1.60. The normalized spacial score (nSPS) is 19.9. The van der Waals surface area contributed by atoms with Crippen LogP contribution < -0.4 is 5.32 Å². The summed E-state index contributed by atoms with van der Waals surface area (Å²) in [6.45, 7) is 0. The molecule has 4 rings (SSSR count). The van der Waals surface area contributed by atoms with Crippen LogP contribution in [-0.2, 0) is 0 Å². The van der Waals surface area contributed by atoms with E-state index in [1.165, 1.54) is 14.7 Å². The summed E-state index contributed by atoms with van der Waals surface area (Å²) < 4.78 is 3.19. The molecule has 23 heavy (non-hydrogen) atoms. The molecule has 0 amide bonds. The van der Waals surface area contributed by atoms with Gasteiger partial charge in [-0.25, -0.2) is 4.68 Å². The minimum absolute atomic E-state index is 0.148. The molecule has 2 unspecified atom stereocenters. The molecule has 6 heteroatoms. The quantitative estimate of drug-likeness (QED) is 0.593. The van der Waals surface area contributed by atoms with Gasteiger partial charge >= 0.3 is 0 Å². The van der Waals surface area contributed by atoms with E-state index < -0.39 is 0 Å². The number of benzene rings is 2. The second-order valence-corrected chi connectivity index (χ2v) is 7.26. The Morgan fingerprint density at radius 3 is 2.48 bits per heavy atom. The van der Waals surface area contributed by atoms with E-state index >= 15 is 0 Å². The highest BCUT2D eigenvalue weighted by Crippen LogP contribution is 2.37. The number of hydrogen-bond donors (Lipinski definition) is 1. The zero-order valence-corrected chi connectivity index (χ0v) is 15.1. The second-order valence-electron chi connectivity index (χ2n) is 5.58. The van der Waals surface area contributed by atoms with Gasteiger partial charge in [0.05, 0.1) is 12.1 Å². The predicted octanol–water partition coefficient (Wildman–Crippen LogP) is 4.68. The largest absolute Gasteiger partial charge is 0.348 e. The summed E-state index contributed by atoms with van der Waals surface area (Å²) in [6, 6.07) is 16.9. The van der Waals surface area contributed by atoms with Crippen molar-refractivity contribution in [3.8, 4) is 0 Å². The van der Waals surface area contributed by atoms with E-state index in [9.17, 15) is 0 Å². The van der Waals surface area contributed by atoms with Gasteiger partial charge in [0.1, 0.15) is 6.33 Å². The molecule has 1 aromatic heterocycles. The Balaban J connectivity index is 1.71. The topological polar surface area (TPSA) is 42.7 Å². The molecule has 0 saturated carbocycles. The van der Waals surface area contributed by atoms with Crippen molar-refractivity contribution in [3.05, 3.63) is 74.6 Å². The molecule has 1 aliphatic rings. The van der Waals surface area contributed by atoms with Gasteiger partial charge < -0.3 is 5.32 Å². The molecule has 0 fully saturated rings. The Labute approximate surface area is 153 Å². The maximum atomic E-state index is 6.02. The molecular weight excluding hydrogens is 423 g/mol. The molecule has 1 N–H and O–H groups in total. The first-order valence-corrected chi connectivity index (χ1v) is 8.83. The van der Waals surface area contributed by atoms with Crippen LogP contribution in [0.5, 0.6) is 0 Å². The molecule has 0 spiro atoms. The van der Waals surface area contributed by atoms with E-state index in [-0.39, 0.29) is 12.1 Å². The lowest BCUT2D eigenvalue weighted by atomic mass is 9.93. The SMILES string of the molecule is Clc1ccc(C2CC(c3ccc(I)cc3)Nc3ncnn32)cc1. The molecule has 3 aromatic rings. The minimum atomic E-state index is 0.148. The molecule has 0 bridgehead atoms. The average Bonchev–Trinajstić information content (AvgIpc) is 3.04. The Bertz CT molecular complexity index is 813. The maximum Gasteiger partial charge on any atom is 0.222 e. The third-order valence-electron chi connectivity index (χ3n) is 4.16. The van der Waals surface area contributed by atoms with Crippen LogP contribution in [0.1, 0.15) is 29.6 Å². The molecule has 2 aromatic carbocycles. The number of hydrogen-bond acceptors (Lipinski definition) is 3. The highest BCUT2D eigenvalue weighted by molar-refractivity contribution is 14.1. The van der Waals surface area contributed by atoms with Crippen LogP contribution in [0.15, 0.2) is 54.9 Å². The first kappa shape index (κ1) is 15.0. The molecule has 1 aliphatic heterocycles. The molecule has 2 heterocycles. The standard InChI is InChI=1S/C17H14ClIN4/c18-13-5-1-12(2-6-13)16-9-15(11-3-7-14(19)8-4-11)22-17-20-10-21-23(16)17/h1-8,10,15-16H,9H2,(H,20,21,22). The monoisotopic (exact) mass is 436 g/mol. The highest BCUT2D eigenvalue weighted by atomic mass is 127. The Morgan fingerprint density at radius 1 is 1.04 bits per heavy atom. The van der Waals surface area contributed by atoms with Gasteiger partial charge in [0, 0.05) is 8.59 Å². The van der Waals surface area contributed by atoms with E-state index in [0.717, 1.165) is 17.4 Å². The van der Waals surface area contributed by atoms with Crippen molar-refractivity contribution in [2.45, 2.75) is 18.5 Å². The lowest BCUT2D eigenvalue weighted by Gasteiger charge is -2.31. The van der Waals surface area contributed by atoms with Crippen molar-refractivity contribution in [1.29, 1.82) is 0 Å². The van der Waals surface area contributed by atoms with Gasteiger partial charge in [0.15, 0.2) is 0 Å². The number of rotatable bonds is 2. The lowest BCUT2D eigenvalue weighted by molar-refractivity contribution is 0.431. The Kier molecular flexibility index (Phi) is 3.98. The van der Waals surface area contributed by atoms with Crippen LogP contribution in [0.3, 0.4) is 0 Å². The van der Waals surface area contributed by atoms with Crippen molar-refractivity contribution in [1.82, 2.24) is 14.8 Å². The number of aromatic nitrogens is 3. The first-order chi connectivity index (χ1) is 11.2. The zero-order chi connectivity index (χ0) is 15.8. The van der Waals surface area contributed by atoms with Crippen molar-refractivity contribution < 1.29 is 0 Å². The van der Waals surface area contributed by atoms with E-state index in [4.69, 9.17) is 11.6 Å². The third-order valence-corrected chi connectivity index (χ3v) is 5.13. The summed E-state index contributed by atoms with van der Waals surface area (Å²) in [7, 11) is 0. The zero-order valence-electron chi connectivity index (χ0n) is 12.2. The number of halogens is 2. The Morgan fingerprint density at radius 2 is 1.74 bits per heavy atom. The minimum Gasteiger partial charge on any atom is -0.348 e. The fourth-order valence-electron chi connectivity index (χ4n) is 3.00. The lowest BCUT2D eigenvalue weighted by Crippen LogP contribution is -2.28. The van der Waals surface area contributed by atoms with Gasteiger partial charge in [-0.05, 0) is 64.4 Å². The number of nitrogens with one attached hydrogen (secondary N) is 1. The molecule has 0 saturated heterocycles. The third kappa shape index (κ3) is 2.95. The van der Waals surface area contributed by atoms with Gasteiger partial charge in [-0.1, -0.05) is 35.9 Å². The summed E-state index contributed by atoms with van der Waals surface area (Å²) in [5.41, 5.74) is 2.46. The fourth-order valence-corrected chi connectivity index (χ4v) is 3.48. The number of anilines is 1. The smallest absolute Gasteiger partial charge is 0.222 e. The van der Waals surface area contributed by atoms with Crippen molar-refractivity contribution in [3.63, 3.8) is 0 Å². The van der Waals surface area contributed by atoms with Gasteiger partial charge in [-0.3, -0.25) is 0 Å². The molecule has 4 nitrogen and oxygen atoms in total. The second kappa shape index (κ2) is 6.13. The molecule has 0 radical (unpaired) electrons. The van der Waals surface area contributed by atoms with Crippen LogP contribution >= 0.6 is 34.2 Å².